The van der Waals surface area contributed by atoms with E-state index in [9.17, 15) is 9.59 Å². The number of hydrogen-bond acceptors (Lipinski definition) is 2. The summed E-state index contributed by atoms with van der Waals surface area (Å²) in [6.45, 7) is 2.01. The van der Waals surface area contributed by atoms with Crippen molar-refractivity contribution in [3.05, 3.63) is 53.1 Å². The summed E-state index contributed by atoms with van der Waals surface area (Å²) in [5, 5.41) is 0. The van der Waals surface area contributed by atoms with Crippen molar-refractivity contribution >= 4 is 17.5 Å². The van der Waals surface area contributed by atoms with Crippen LogP contribution in [0.4, 0.5) is 5.69 Å². The quantitative estimate of drug-likeness (QED) is 0.520. The predicted octanol–water partition coefficient (Wildman–Crippen LogP) is 4.67. The maximum atomic E-state index is 13.5. The average molecular weight is 386 g/mol. The number of nitrogens with zero attached hydrogens (tertiary/aromatic N) is 1. The van der Waals surface area contributed by atoms with Crippen LogP contribution in [0, 0.1) is 54.3 Å². The van der Waals surface area contributed by atoms with E-state index in [1.54, 1.807) is 5.57 Å². The number of anilines is 1. The van der Waals surface area contributed by atoms with E-state index in [2.05, 4.69) is 12.2 Å². The van der Waals surface area contributed by atoms with Gasteiger partial charge in [-0.2, -0.15) is 0 Å². The summed E-state index contributed by atoms with van der Waals surface area (Å²) < 4.78 is 0. The molecule has 0 unspecified atom stereocenters. The second-order valence-electron chi connectivity index (χ2n) is 10.6. The number of allylic oxidation sites excluding steroid dienone is 4. The van der Waals surface area contributed by atoms with Crippen LogP contribution in [0.25, 0.3) is 0 Å². The van der Waals surface area contributed by atoms with E-state index in [1.165, 1.54) is 42.6 Å². The van der Waals surface area contributed by atoms with Gasteiger partial charge in [-0.15, -0.1) is 0 Å². The molecule has 29 heavy (non-hydrogen) atoms. The molecule has 6 bridgehead atoms. The fraction of sp³-hybridized carbons (Fsp3) is 0.538. The molecular formula is C26H27NO2. The normalized spacial score (nSPS) is 43.8. The summed E-state index contributed by atoms with van der Waals surface area (Å²) >= 11 is 0. The van der Waals surface area contributed by atoms with Crippen molar-refractivity contribution in [3.8, 4) is 0 Å². The van der Waals surface area contributed by atoms with Gasteiger partial charge in [-0.25, -0.2) is 4.90 Å². The third-order valence-corrected chi connectivity index (χ3v) is 9.03. The molecule has 3 heteroatoms. The van der Waals surface area contributed by atoms with Gasteiger partial charge in [-0.3, -0.25) is 9.59 Å². The van der Waals surface area contributed by atoms with Crippen LogP contribution < -0.4 is 4.90 Å². The molecule has 0 N–H and O–H groups in total. The third-order valence-electron chi connectivity index (χ3n) is 9.03. The molecule has 8 rings (SSSR count). The minimum atomic E-state index is -0.169. The molecule has 1 aromatic carbocycles. The van der Waals surface area contributed by atoms with Crippen molar-refractivity contribution in [2.45, 2.75) is 39.0 Å². The maximum Gasteiger partial charge on any atom is 0.238 e. The van der Waals surface area contributed by atoms with E-state index in [1.807, 2.05) is 31.2 Å². The first-order valence-corrected chi connectivity index (χ1v) is 11.5. The Morgan fingerprint density at radius 1 is 0.793 bits per heavy atom. The number of carbonyl (C=O) groups is 2. The van der Waals surface area contributed by atoms with Crippen molar-refractivity contribution in [1.82, 2.24) is 0 Å². The van der Waals surface area contributed by atoms with Gasteiger partial charge < -0.3 is 0 Å². The zero-order chi connectivity index (χ0) is 19.4. The van der Waals surface area contributed by atoms with E-state index < -0.39 is 0 Å². The Hall–Kier alpha value is -2.16. The number of hydrogen-bond donors (Lipinski definition) is 0. The molecule has 0 aromatic heterocycles. The van der Waals surface area contributed by atoms with Gasteiger partial charge in [0, 0.05) is 11.8 Å². The minimum Gasteiger partial charge on any atom is -0.274 e. The first-order chi connectivity index (χ1) is 14.1. The molecule has 1 saturated heterocycles. The molecule has 5 saturated carbocycles. The van der Waals surface area contributed by atoms with Crippen molar-refractivity contribution in [3.63, 3.8) is 0 Å². The van der Waals surface area contributed by atoms with E-state index in [4.69, 9.17) is 0 Å². The highest BCUT2D eigenvalue weighted by molar-refractivity contribution is 6.23. The summed E-state index contributed by atoms with van der Waals surface area (Å²) in [5.41, 5.74) is 5.05. The highest BCUT2D eigenvalue weighted by atomic mass is 16.2. The molecule has 0 spiro atoms. The summed E-state index contributed by atoms with van der Waals surface area (Å²) in [7, 11) is 0. The highest BCUT2D eigenvalue weighted by Gasteiger charge is 2.63. The summed E-state index contributed by atoms with van der Waals surface area (Å²) in [5.74, 6) is 3.42. The molecule has 6 fully saturated rings. The number of benzene rings is 1. The van der Waals surface area contributed by atoms with Gasteiger partial charge in [0.25, 0.3) is 0 Å². The lowest BCUT2D eigenvalue weighted by Crippen LogP contribution is -2.41. The topological polar surface area (TPSA) is 37.4 Å². The van der Waals surface area contributed by atoms with Gasteiger partial charge in [0.1, 0.15) is 0 Å². The zero-order valence-corrected chi connectivity index (χ0v) is 16.9. The zero-order valence-electron chi connectivity index (χ0n) is 16.9. The molecule has 2 amide bonds. The van der Waals surface area contributed by atoms with E-state index in [0.717, 1.165) is 34.9 Å². The predicted molar refractivity (Wildman–Crippen MR) is 111 cm³/mol. The lowest BCUT2D eigenvalue weighted by atomic mass is 9.53. The Labute approximate surface area is 171 Å². The lowest BCUT2D eigenvalue weighted by Gasteiger charge is -2.52. The van der Waals surface area contributed by atoms with Crippen LogP contribution in [-0.4, -0.2) is 11.8 Å². The monoisotopic (exact) mass is 385 g/mol. The number of aryl methyl sites for hydroxylation is 1. The van der Waals surface area contributed by atoms with Crippen molar-refractivity contribution in [1.29, 1.82) is 0 Å². The number of rotatable bonds is 1. The van der Waals surface area contributed by atoms with Gasteiger partial charge in [-0.1, -0.05) is 35.4 Å². The van der Waals surface area contributed by atoms with Gasteiger partial charge in [0.15, 0.2) is 0 Å². The molecule has 1 heterocycles. The Morgan fingerprint density at radius 3 is 1.93 bits per heavy atom. The smallest absolute Gasteiger partial charge is 0.238 e. The van der Waals surface area contributed by atoms with Gasteiger partial charge in [0.05, 0.1) is 17.5 Å². The Balaban J connectivity index is 1.29. The van der Waals surface area contributed by atoms with E-state index in [-0.39, 0.29) is 35.5 Å². The summed E-state index contributed by atoms with van der Waals surface area (Å²) in [6.07, 6.45) is 11.4. The van der Waals surface area contributed by atoms with Crippen LogP contribution >= 0.6 is 0 Å². The van der Waals surface area contributed by atoms with Crippen LogP contribution in [0.5, 0.6) is 0 Å². The van der Waals surface area contributed by atoms with Crippen LogP contribution in [-0.2, 0) is 9.59 Å². The molecule has 1 aliphatic heterocycles. The first kappa shape index (κ1) is 16.6. The van der Waals surface area contributed by atoms with Crippen molar-refractivity contribution < 1.29 is 9.59 Å². The van der Waals surface area contributed by atoms with E-state index in [0.29, 0.717) is 0 Å². The van der Waals surface area contributed by atoms with Gasteiger partial charge in [-0.05, 0) is 80.4 Å². The number of carbonyl (C=O) groups excluding carboxylic acids is 2. The standard InChI is InChI=1S/C26H27NO2/c1-13-3-2-4-18(7-13)27-25(28)23-19-5-6-20(24(23)26(27)29)22(19)21-16-9-14-8-15(11-16)12-17(21)10-14/h2-7,14-17,19-20,23-24H,8-12H2,1H3/t14?,15?,16?,17?,19-,20+,23-,24-/m1/s1. The van der Waals surface area contributed by atoms with Crippen LogP contribution in [0.15, 0.2) is 47.6 Å². The Morgan fingerprint density at radius 2 is 1.38 bits per heavy atom. The fourth-order valence-electron chi connectivity index (χ4n) is 8.33. The molecule has 7 aliphatic rings. The third kappa shape index (κ3) is 2.04. The van der Waals surface area contributed by atoms with Gasteiger partial charge in [0.2, 0.25) is 11.8 Å². The summed E-state index contributed by atoms with van der Waals surface area (Å²) in [6, 6.07) is 7.81. The Kier molecular flexibility index (Phi) is 3.15. The fourth-order valence-corrected chi connectivity index (χ4v) is 8.33. The van der Waals surface area contributed by atoms with Gasteiger partial charge >= 0.3 is 0 Å². The molecule has 0 radical (unpaired) electrons. The second kappa shape index (κ2) is 5.50. The molecular weight excluding hydrogens is 358 g/mol. The van der Waals surface area contributed by atoms with E-state index >= 15 is 0 Å². The lowest BCUT2D eigenvalue weighted by molar-refractivity contribution is -0.122. The molecule has 3 nitrogen and oxygen atoms in total. The number of amides is 2. The second-order valence-corrected chi connectivity index (χ2v) is 10.6. The average Bonchev–Trinajstić information content (AvgIpc) is 3.31. The van der Waals surface area contributed by atoms with Crippen molar-refractivity contribution in [2.24, 2.45) is 47.3 Å². The molecule has 1 aromatic rings. The largest absolute Gasteiger partial charge is 0.274 e. The summed E-state index contributed by atoms with van der Waals surface area (Å²) in [4.78, 5) is 28.5. The highest BCUT2D eigenvalue weighted by Crippen LogP contribution is 2.63. The SMILES string of the molecule is Cc1cccc(N2C(=O)[C@H]3[C@H](C2=O)[C@H]2C=C[C@@H]3C2=C2C3CC4CC(C3)CC2C4)c1. The van der Waals surface area contributed by atoms with Crippen LogP contribution in [0.1, 0.15) is 37.7 Å². The Bertz CT molecular complexity index is 953. The minimum absolute atomic E-state index is 0.0318. The van der Waals surface area contributed by atoms with Crippen molar-refractivity contribution in [2.75, 3.05) is 4.90 Å². The molecule has 148 valence electrons. The maximum absolute atomic E-state index is 13.5. The molecule has 6 aliphatic carbocycles. The van der Waals surface area contributed by atoms with Crippen LogP contribution in [0.2, 0.25) is 0 Å². The molecule has 4 atom stereocenters. The van der Waals surface area contributed by atoms with Crippen LogP contribution in [0.3, 0.4) is 0 Å². The number of imide groups is 1. The first-order valence-electron chi connectivity index (χ1n) is 11.5. The number of fused-ring (bicyclic) bond motifs is 5.